The van der Waals surface area contributed by atoms with Crippen molar-refractivity contribution in [2.45, 2.75) is 51.6 Å². The van der Waals surface area contributed by atoms with Crippen LogP contribution in [0.15, 0.2) is 17.2 Å². The summed E-state index contributed by atoms with van der Waals surface area (Å²) in [5, 5.41) is 4.32. The van der Waals surface area contributed by atoms with Crippen molar-refractivity contribution in [3.8, 4) is 0 Å². The summed E-state index contributed by atoms with van der Waals surface area (Å²) in [6.07, 6.45) is 1.73. The van der Waals surface area contributed by atoms with Gasteiger partial charge in [-0.25, -0.2) is 4.39 Å². The molecule has 0 spiro atoms. The summed E-state index contributed by atoms with van der Waals surface area (Å²) in [6.45, 7) is 4.00. The van der Waals surface area contributed by atoms with Crippen LogP contribution in [-0.4, -0.2) is 29.8 Å². The number of carbonyl (C=O) groups excluding carboxylic acids is 3. The van der Waals surface area contributed by atoms with Gasteiger partial charge in [-0.2, -0.15) is 0 Å². The average Bonchev–Trinajstić information content (AvgIpc) is 2.61. The summed E-state index contributed by atoms with van der Waals surface area (Å²) in [5.74, 6) is -3.75. The zero-order valence-corrected chi connectivity index (χ0v) is 16.4. The van der Waals surface area contributed by atoms with Gasteiger partial charge in [0.2, 0.25) is 11.8 Å². The molecule has 1 aliphatic carbocycles. The molecule has 6 nitrogen and oxygen atoms in total. The summed E-state index contributed by atoms with van der Waals surface area (Å²) < 4.78 is 27.2. The molecule has 2 atom stereocenters. The van der Waals surface area contributed by atoms with Gasteiger partial charge in [-0.05, 0) is 12.8 Å². The number of amides is 3. The Bertz CT molecular complexity index is 564. The standard InChI is InChI=1S/C13H14F2N3O3.C2H6.W/c14-6-3-7(16)5-9(15)8(4-6)12(20)17-10-1-2-11(19)18-13(10)21;1-2;/h7,10H,1-3,5,16H2,(H,17,20)(H,18,19,21);1-2H3;/q-1;;. The van der Waals surface area contributed by atoms with Gasteiger partial charge in [0.15, 0.2) is 0 Å². The van der Waals surface area contributed by atoms with Crippen molar-refractivity contribution in [3.63, 3.8) is 0 Å². The first-order chi connectivity index (χ1) is 10.9. The average molecular weight is 512 g/mol. The van der Waals surface area contributed by atoms with Crippen LogP contribution >= 0.6 is 0 Å². The number of nitrogens with two attached hydrogens (primary N) is 1. The largest absolute Gasteiger partial charge is 0.394 e. The minimum Gasteiger partial charge on any atom is -0.394 e. The predicted molar refractivity (Wildman–Crippen MR) is 78.9 cm³/mol. The molecule has 1 aliphatic heterocycles. The van der Waals surface area contributed by atoms with Crippen molar-refractivity contribution in [1.29, 1.82) is 0 Å². The van der Waals surface area contributed by atoms with Gasteiger partial charge in [0.25, 0.3) is 0 Å². The summed E-state index contributed by atoms with van der Waals surface area (Å²) in [7, 11) is 0. The van der Waals surface area contributed by atoms with E-state index in [0.29, 0.717) is 0 Å². The zero-order chi connectivity index (χ0) is 17.6. The molecule has 0 radical (unpaired) electrons. The molecule has 0 aromatic heterocycles. The van der Waals surface area contributed by atoms with Gasteiger partial charge in [0.1, 0.15) is 5.91 Å². The van der Waals surface area contributed by atoms with E-state index in [9.17, 15) is 23.2 Å². The number of carbonyl (C=O) groups is 3. The van der Waals surface area contributed by atoms with Crippen molar-refractivity contribution >= 4 is 17.7 Å². The van der Waals surface area contributed by atoms with Crippen molar-refractivity contribution in [2.24, 2.45) is 5.73 Å². The van der Waals surface area contributed by atoms with E-state index in [1.54, 1.807) is 0 Å². The Morgan fingerprint density at radius 1 is 1.29 bits per heavy atom. The van der Waals surface area contributed by atoms with Gasteiger partial charge < -0.3 is 15.8 Å². The fourth-order valence-corrected chi connectivity index (χ4v) is 2.13. The Kier molecular flexibility index (Phi) is 9.85. The molecule has 1 heterocycles. The van der Waals surface area contributed by atoms with Crippen LogP contribution in [0.25, 0.3) is 0 Å². The molecule has 134 valence electrons. The van der Waals surface area contributed by atoms with E-state index >= 15 is 0 Å². The molecule has 24 heavy (non-hydrogen) atoms. The number of rotatable bonds is 2. The Morgan fingerprint density at radius 2 is 1.92 bits per heavy atom. The van der Waals surface area contributed by atoms with E-state index in [-0.39, 0.29) is 46.7 Å². The van der Waals surface area contributed by atoms with Crippen LogP contribution in [0.3, 0.4) is 0 Å². The predicted octanol–water partition coefficient (Wildman–Crippen LogP) is 0.933. The fraction of sp³-hybridized carbons (Fsp3) is 0.533. The Labute approximate surface area is 153 Å². The molecule has 0 bridgehead atoms. The molecular formula is C15H20F2N3O3W-. The molecule has 1 fully saturated rings. The van der Waals surface area contributed by atoms with E-state index in [2.05, 4.69) is 10.6 Å². The van der Waals surface area contributed by atoms with Crippen molar-refractivity contribution < 1.29 is 44.2 Å². The molecule has 2 unspecified atom stereocenters. The van der Waals surface area contributed by atoms with Crippen molar-refractivity contribution in [1.82, 2.24) is 10.6 Å². The van der Waals surface area contributed by atoms with E-state index in [0.717, 1.165) is 0 Å². The maximum absolute atomic E-state index is 13.8. The summed E-state index contributed by atoms with van der Waals surface area (Å²) >= 11 is 0. The molecule has 0 saturated carbocycles. The molecule has 0 aromatic rings. The third-order valence-corrected chi connectivity index (χ3v) is 3.19. The molecule has 4 N–H and O–H groups in total. The van der Waals surface area contributed by atoms with E-state index in [4.69, 9.17) is 5.73 Å². The molecule has 0 aromatic carbocycles. The van der Waals surface area contributed by atoms with Crippen LogP contribution in [-0.2, 0) is 35.4 Å². The number of imide groups is 1. The van der Waals surface area contributed by atoms with Crippen molar-refractivity contribution in [2.75, 3.05) is 0 Å². The molecular weight excluding hydrogens is 492 g/mol. The Balaban J connectivity index is 0.00000170. The second-order valence-electron chi connectivity index (χ2n) is 4.96. The summed E-state index contributed by atoms with van der Waals surface area (Å²) in [6, 6.07) is -1.73. The van der Waals surface area contributed by atoms with E-state index < -0.39 is 47.0 Å². The van der Waals surface area contributed by atoms with Gasteiger partial charge >= 0.3 is 0 Å². The van der Waals surface area contributed by atoms with Gasteiger partial charge in [0.05, 0.1) is 6.04 Å². The topological polar surface area (TPSA) is 101 Å². The monoisotopic (exact) mass is 512 g/mol. The number of piperidine rings is 1. The summed E-state index contributed by atoms with van der Waals surface area (Å²) in [4.78, 5) is 34.5. The smallest absolute Gasteiger partial charge is 0.248 e. The first-order valence-corrected chi connectivity index (χ1v) is 7.44. The minimum absolute atomic E-state index is 0. The van der Waals surface area contributed by atoms with Crippen LogP contribution < -0.4 is 16.4 Å². The number of halogens is 2. The zero-order valence-electron chi connectivity index (χ0n) is 13.4. The molecule has 1 saturated heterocycles. The van der Waals surface area contributed by atoms with Crippen LogP contribution in [0.1, 0.15) is 39.5 Å². The second kappa shape index (κ2) is 10.5. The SMILES string of the molecule is CC.NC1CC(F)=[C-]C(C(=O)NC2CCC(=O)NC2=O)=C(F)C1.[W]. The van der Waals surface area contributed by atoms with Crippen LogP contribution in [0.2, 0.25) is 0 Å². The maximum Gasteiger partial charge on any atom is 0.248 e. The first kappa shape index (κ1) is 22.6. The molecule has 2 aliphatic rings. The van der Waals surface area contributed by atoms with Crippen LogP contribution in [0.4, 0.5) is 8.78 Å². The van der Waals surface area contributed by atoms with Gasteiger partial charge in [-0.1, -0.05) is 19.4 Å². The second-order valence-corrected chi connectivity index (χ2v) is 4.96. The normalized spacial score (nSPS) is 23.8. The molecule has 2 rings (SSSR count). The van der Waals surface area contributed by atoms with E-state index in [1.165, 1.54) is 0 Å². The number of hydrogen-bond acceptors (Lipinski definition) is 4. The minimum atomic E-state index is -0.961. The molecule has 3 amide bonds. The van der Waals surface area contributed by atoms with Gasteiger partial charge in [-0.3, -0.25) is 19.3 Å². The maximum atomic E-state index is 13.8. The summed E-state index contributed by atoms with van der Waals surface area (Å²) in [5.41, 5.74) is 4.90. The van der Waals surface area contributed by atoms with Crippen LogP contribution in [0.5, 0.6) is 0 Å². The van der Waals surface area contributed by atoms with E-state index in [1.807, 2.05) is 19.9 Å². The van der Waals surface area contributed by atoms with Gasteiger partial charge in [0, 0.05) is 51.6 Å². The quantitative estimate of drug-likeness (QED) is 0.379. The van der Waals surface area contributed by atoms with Gasteiger partial charge in [-0.15, -0.1) is 6.08 Å². The first-order valence-electron chi connectivity index (χ1n) is 7.44. The Hall–Kier alpha value is -1.40. The third-order valence-electron chi connectivity index (χ3n) is 3.19. The third kappa shape index (κ3) is 6.24. The number of hydrogen-bond donors (Lipinski definition) is 3. The Morgan fingerprint density at radius 3 is 2.50 bits per heavy atom. The fourth-order valence-electron chi connectivity index (χ4n) is 2.13. The number of nitrogens with one attached hydrogen (secondary N) is 2. The van der Waals surface area contributed by atoms with Crippen molar-refractivity contribution in [3.05, 3.63) is 23.3 Å². The van der Waals surface area contributed by atoms with Crippen LogP contribution in [0, 0.1) is 6.08 Å². The molecule has 9 heteroatoms.